The van der Waals surface area contributed by atoms with Crippen LogP contribution in [0.4, 0.5) is 18.9 Å². The number of anilines is 1. The molecule has 2 aromatic rings. The number of aliphatic imine (C=N–C) groups is 1. The Bertz CT molecular complexity index is 1160. The molecule has 1 heterocycles. The predicted octanol–water partition coefficient (Wildman–Crippen LogP) is 2.98. The van der Waals surface area contributed by atoms with Gasteiger partial charge in [0.15, 0.2) is 0 Å². The fourth-order valence-corrected chi connectivity index (χ4v) is 5.12. The highest BCUT2D eigenvalue weighted by Gasteiger charge is 2.37. The fourth-order valence-electron chi connectivity index (χ4n) is 2.71. The van der Waals surface area contributed by atoms with E-state index in [2.05, 4.69) is 9.71 Å². The Balaban J connectivity index is 1.91. The Labute approximate surface area is 165 Å². The summed E-state index contributed by atoms with van der Waals surface area (Å²) in [6.45, 7) is 0.510. The van der Waals surface area contributed by atoms with Gasteiger partial charge in [-0.25, -0.2) is 16.8 Å². The molecule has 0 spiro atoms. The molecule has 0 fully saturated rings. The molecule has 0 saturated heterocycles. The maximum Gasteiger partial charge on any atom is 0.417 e. The molecule has 12 heteroatoms. The minimum atomic E-state index is -4.87. The van der Waals surface area contributed by atoms with Crippen molar-refractivity contribution in [1.29, 1.82) is 0 Å². The average molecular weight is 447 g/mol. The standard InChI is InChI=1S/C17H16F3N3O4S2/c18-17(19,20)14-7-1-2-8-15(14)29(26,27)22-12-5-3-6-13(11-12)28(24,25)23-16-9-4-10-21-16/h1-3,5-8,11,22H,4,9-10H2,(H,21,23). The third-order valence-corrected chi connectivity index (χ3v) is 6.82. The number of hydrogen-bond donors (Lipinski definition) is 2. The van der Waals surface area contributed by atoms with Crippen LogP contribution in [0.1, 0.15) is 18.4 Å². The van der Waals surface area contributed by atoms with Crippen molar-refractivity contribution in [3.63, 3.8) is 0 Å². The Morgan fingerprint density at radius 1 is 0.897 bits per heavy atom. The molecule has 0 aromatic heterocycles. The molecule has 0 saturated carbocycles. The highest BCUT2D eigenvalue weighted by Crippen LogP contribution is 2.34. The summed E-state index contributed by atoms with van der Waals surface area (Å²) in [6, 6.07) is 8.49. The molecule has 0 amide bonds. The Morgan fingerprint density at radius 3 is 2.28 bits per heavy atom. The third-order valence-electron chi connectivity index (χ3n) is 4.01. The van der Waals surface area contributed by atoms with E-state index >= 15 is 0 Å². The van der Waals surface area contributed by atoms with Crippen LogP contribution in [-0.2, 0) is 26.2 Å². The van der Waals surface area contributed by atoms with Gasteiger partial charge in [0.25, 0.3) is 20.0 Å². The first-order valence-corrected chi connectivity index (χ1v) is 11.3. The monoisotopic (exact) mass is 447 g/mol. The van der Waals surface area contributed by atoms with E-state index in [1.807, 2.05) is 4.72 Å². The second-order valence-corrected chi connectivity index (χ2v) is 9.50. The van der Waals surface area contributed by atoms with Gasteiger partial charge >= 0.3 is 6.18 Å². The number of halogens is 3. The first-order chi connectivity index (χ1) is 13.5. The first-order valence-electron chi connectivity index (χ1n) is 8.34. The van der Waals surface area contributed by atoms with E-state index < -0.39 is 36.7 Å². The average Bonchev–Trinajstić information content (AvgIpc) is 3.13. The van der Waals surface area contributed by atoms with E-state index in [0.29, 0.717) is 24.9 Å². The van der Waals surface area contributed by atoms with Gasteiger partial charge in [-0.3, -0.25) is 14.4 Å². The van der Waals surface area contributed by atoms with Gasteiger partial charge < -0.3 is 0 Å². The molecule has 156 valence electrons. The lowest BCUT2D eigenvalue weighted by Gasteiger charge is -2.15. The lowest BCUT2D eigenvalue weighted by molar-refractivity contribution is -0.139. The fraction of sp³-hybridized carbons (Fsp3) is 0.235. The van der Waals surface area contributed by atoms with Crippen LogP contribution >= 0.6 is 0 Å². The summed E-state index contributed by atoms with van der Waals surface area (Å²) >= 11 is 0. The summed E-state index contributed by atoms with van der Waals surface area (Å²) in [7, 11) is -8.63. The summed E-state index contributed by atoms with van der Waals surface area (Å²) in [6.07, 6.45) is -3.68. The highest BCUT2D eigenvalue weighted by atomic mass is 32.2. The van der Waals surface area contributed by atoms with E-state index in [-0.39, 0.29) is 10.6 Å². The number of nitrogens with zero attached hydrogens (tertiary/aromatic N) is 1. The molecule has 29 heavy (non-hydrogen) atoms. The van der Waals surface area contributed by atoms with Crippen molar-refractivity contribution in [3.8, 4) is 0 Å². The van der Waals surface area contributed by atoms with Crippen LogP contribution in [0.25, 0.3) is 0 Å². The molecular weight excluding hydrogens is 431 g/mol. The van der Waals surface area contributed by atoms with Crippen LogP contribution in [0, 0.1) is 0 Å². The molecule has 2 aromatic carbocycles. The number of sulfonamides is 2. The van der Waals surface area contributed by atoms with Gasteiger partial charge in [0.1, 0.15) is 5.84 Å². The van der Waals surface area contributed by atoms with E-state index in [0.717, 1.165) is 30.7 Å². The molecule has 1 aliphatic rings. The van der Waals surface area contributed by atoms with Crippen LogP contribution in [0.3, 0.4) is 0 Å². The number of nitrogens with one attached hydrogen (secondary N) is 2. The van der Waals surface area contributed by atoms with Crippen LogP contribution in [0.2, 0.25) is 0 Å². The van der Waals surface area contributed by atoms with E-state index in [4.69, 9.17) is 0 Å². The van der Waals surface area contributed by atoms with Crippen molar-refractivity contribution in [2.45, 2.75) is 28.8 Å². The third kappa shape index (κ3) is 4.88. The van der Waals surface area contributed by atoms with Crippen molar-refractivity contribution in [1.82, 2.24) is 4.72 Å². The number of hydrogen-bond acceptors (Lipinski definition) is 5. The van der Waals surface area contributed by atoms with Crippen molar-refractivity contribution in [2.75, 3.05) is 11.3 Å². The molecule has 0 aliphatic carbocycles. The van der Waals surface area contributed by atoms with Gasteiger partial charge in [-0.05, 0) is 36.8 Å². The maximum absolute atomic E-state index is 13.1. The quantitative estimate of drug-likeness (QED) is 0.735. The summed E-state index contributed by atoms with van der Waals surface area (Å²) in [5, 5.41) is 0. The van der Waals surface area contributed by atoms with Gasteiger partial charge in [-0.2, -0.15) is 13.2 Å². The predicted molar refractivity (Wildman–Crippen MR) is 101 cm³/mol. The Hall–Kier alpha value is -2.60. The molecule has 3 rings (SSSR count). The summed E-state index contributed by atoms with van der Waals surface area (Å²) in [5.41, 5.74) is -1.52. The summed E-state index contributed by atoms with van der Waals surface area (Å²) in [4.78, 5) is 2.80. The van der Waals surface area contributed by atoms with Crippen molar-refractivity contribution < 1.29 is 30.0 Å². The van der Waals surface area contributed by atoms with E-state index in [1.54, 1.807) is 0 Å². The summed E-state index contributed by atoms with van der Waals surface area (Å²) < 4.78 is 93.7. The van der Waals surface area contributed by atoms with Crippen LogP contribution < -0.4 is 9.44 Å². The zero-order chi connectivity index (χ0) is 21.3. The zero-order valence-electron chi connectivity index (χ0n) is 14.8. The Morgan fingerprint density at radius 2 is 1.62 bits per heavy atom. The lowest BCUT2D eigenvalue weighted by atomic mass is 10.2. The molecule has 7 nitrogen and oxygen atoms in total. The lowest BCUT2D eigenvalue weighted by Crippen LogP contribution is -2.29. The smallest absolute Gasteiger partial charge is 0.280 e. The normalized spacial score (nSPS) is 15.1. The first kappa shape index (κ1) is 21.1. The number of alkyl halides is 3. The molecule has 0 bridgehead atoms. The van der Waals surface area contributed by atoms with Gasteiger partial charge in [0.05, 0.1) is 21.0 Å². The summed E-state index contributed by atoms with van der Waals surface area (Å²) in [5.74, 6) is 0.301. The van der Waals surface area contributed by atoms with Gasteiger partial charge in [-0.1, -0.05) is 18.2 Å². The minimum Gasteiger partial charge on any atom is -0.280 e. The topological polar surface area (TPSA) is 105 Å². The van der Waals surface area contributed by atoms with Crippen LogP contribution in [0.15, 0.2) is 63.3 Å². The maximum atomic E-state index is 13.1. The zero-order valence-corrected chi connectivity index (χ0v) is 16.4. The van der Waals surface area contributed by atoms with Crippen LogP contribution in [-0.4, -0.2) is 29.2 Å². The van der Waals surface area contributed by atoms with Crippen LogP contribution in [0.5, 0.6) is 0 Å². The SMILES string of the molecule is O=S(=O)(NC1=NCCC1)c1cccc(NS(=O)(=O)c2ccccc2C(F)(F)F)c1. The molecule has 0 unspecified atom stereocenters. The minimum absolute atomic E-state index is 0.196. The van der Waals surface area contributed by atoms with Gasteiger partial charge in [-0.15, -0.1) is 0 Å². The second kappa shape index (κ2) is 7.67. The van der Waals surface area contributed by atoms with Gasteiger partial charge in [0, 0.05) is 13.0 Å². The van der Waals surface area contributed by atoms with E-state index in [1.165, 1.54) is 18.2 Å². The largest absolute Gasteiger partial charge is 0.417 e. The molecule has 0 radical (unpaired) electrons. The second-order valence-electron chi connectivity index (χ2n) is 6.16. The van der Waals surface area contributed by atoms with Gasteiger partial charge in [0.2, 0.25) is 0 Å². The number of amidine groups is 1. The number of rotatable bonds is 5. The molecule has 1 aliphatic heterocycles. The number of benzene rings is 2. The Kier molecular flexibility index (Phi) is 5.59. The van der Waals surface area contributed by atoms with Crippen molar-refractivity contribution in [3.05, 3.63) is 54.1 Å². The molecular formula is C17H16F3N3O4S2. The molecule has 2 N–H and O–H groups in total. The molecule has 0 atom stereocenters. The van der Waals surface area contributed by atoms with Crippen molar-refractivity contribution >= 4 is 31.6 Å². The van der Waals surface area contributed by atoms with E-state index in [9.17, 15) is 30.0 Å². The highest BCUT2D eigenvalue weighted by molar-refractivity contribution is 7.92. The van der Waals surface area contributed by atoms with Crippen molar-refractivity contribution in [2.24, 2.45) is 4.99 Å².